The van der Waals surface area contributed by atoms with Crippen molar-refractivity contribution < 1.29 is 9.84 Å². The summed E-state index contributed by atoms with van der Waals surface area (Å²) in [6.45, 7) is 2.42. The van der Waals surface area contributed by atoms with Crippen LogP contribution in [0.1, 0.15) is 30.4 Å². The van der Waals surface area contributed by atoms with E-state index in [2.05, 4.69) is 6.07 Å². The van der Waals surface area contributed by atoms with Crippen LogP contribution in [-0.4, -0.2) is 17.3 Å². The quantitative estimate of drug-likeness (QED) is 0.840. The van der Waals surface area contributed by atoms with Crippen molar-refractivity contribution in [3.63, 3.8) is 0 Å². The number of rotatable bonds is 4. The van der Waals surface area contributed by atoms with Gasteiger partial charge in [0.2, 0.25) is 0 Å². The van der Waals surface area contributed by atoms with Crippen molar-refractivity contribution in [2.45, 2.75) is 31.8 Å². The lowest BCUT2D eigenvalue weighted by Gasteiger charge is -2.10. The summed E-state index contributed by atoms with van der Waals surface area (Å²) in [6.07, 6.45) is 2.47. The van der Waals surface area contributed by atoms with E-state index in [9.17, 15) is 5.11 Å². The van der Waals surface area contributed by atoms with E-state index >= 15 is 0 Å². The minimum absolute atomic E-state index is 0.457. The van der Waals surface area contributed by atoms with Gasteiger partial charge in [-0.3, -0.25) is 0 Å². The maximum absolute atomic E-state index is 9.62. The van der Waals surface area contributed by atoms with Crippen LogP contribution in [-0.2, 0) is 0 Å². The predicted molar refractivity (Wildman–Crippen MR) is 60.2 cm³/mol. The summed E-state index contributed by atoms with van der Waals surface area (Å²) in [5.41, 5.74) is 1.14. The lowest BCUT2D eigenvalue weighted by atomic mass is 10.1. The van der Waals surface area contributed by atoms with E-state index in [-0.39, 0.29) is 0 Å². The Morgan fingerprint density at radius 3 is 2.81 bits per heavy atom. The maximum atomic E-state index is 9.62. The minimum atomic E-state index is -0.457. The number of hydrogen-bond donors (Lipinski definition) is 1. The third kappa shape index (κ3) is 2.53. The van der Waals surface area contributed by atoms with Gasteiger partial charge in [-0.25, -0.2) is 0 Å². The fraction of sp³-hybridized carbons (Fsp3) is 0.462. The fourth-order valence-corrected chi connectivity index (χ4v) is 1.60. The van der Waals surface area contributed by atoms with Crippen molar-refractivity contribution in [2.24, 2.45) is 0 Å². The summed E-state index contributed by atoms with van der Waals surface area (Å²) in [5.74, 6) is 0.765. The Balaban J connectivity index is 1.90. The maximum Gasteiger partial charge on any atom is 0.119 e. The Labute approximate surface area is 95.3 Å². The van der Waals surface area contributed by atoms with Crippen LogP contribution in [0.2, 0.25) is 0 Å². The summed E-state index contributed by atoms with van der Waals surface area (Å²) >= 11 is 0. The van der Waals surface area contributed by atoms with Crippen molar-refractivity contribution >= 4 is 0 Å². The van der Waals surface area contributed by atoms with E-state index in [1.807, 2.05) is 13.0 Å². The standard InChI is InChI=1S/C13H15NO2/c1-10-8-12(3-2-11(10)9-14)16-7-6-13(15)4-5-13/h2-3,8,15H,4-7H2,1H3. The lowest BCUT2D eigenvalue weighted by molar-refractivity contribution is 0.117. The van der Waals surface area contributed by atoms with Gasteiger partial charge in [-0.1, -0.05) is 0 Å². The molecule has 0 aromatic heterocycles. The molecule has 3 heteroatoms. The zero-order valence-corrected chi connectivity index (χ0v) is 9.36. The van der Waals surface area contributed by atoms with Crippen LogP contribution in [0.4, 0.5) is 0 Å². The van der Waals surface area contributed by atoms with Crippen LogP contribution in [0, 0.1) is 18.3 Å². The highest BCUT2D eigenvalue weighted by atomic mass is 16.5. The zero-order valence-electron chi connectivity index (χ0n) is 9.36. The smallest absolute Gasteiger partial charge is 0.119 e. The van der Waals surface area contributed by atoms with Crippen molar-refractivity contribution in [3.8, 4) is 11.8 Å². The summed E-state index contributed by atoms with van der Waals surface area (Å²) in [7, 11) is 0. The molecule has 0 amide bonds. The van der Waals surface area contributed by atoms with Crippen LogP contribution < -0.4 is 4.74 Å². The molecule has 0 aliphatic heterocycles. The van der Waals surface area contributed by atoms with Gasteiger partial charge in [0.15, 0.2) is 0 Å². The molecule has 1 aliphatic carbocycles. The summed E-state index contributed by atoms with van der Waals surface area (Å²) in [4.78, 5) is 0. The molecule has 0 unspecified atom stereocenters. The first-order valence-electron chi connectivity index (χ1n) is 5.49. The highest BCUT2D eigenvalue weighted by Gasteiger charge is 2.39. The van der Waals surface area contributed by atoms with Gasteiger partial charge in [-0.15, -0.1) is 0 Å². The summed E-state index contributed by atoms with van der Waals surface area (Å²) in [6, 6.07) is 7.53. The van der Waals surface area contributed by atoms with Gasteiger partial charge in [0, 0.05) is 6.42 Å². The van der Waals surface area contributed by atoms with E-state index < -0.39 is 5.60 Å². The fourth-order valence-electron chi connectivity index (χ4n) is 1.60. The highest BCUT2D eigenvalue weighted by Crippen LogP contribution is 2.38. The van der Waals surface area contributed by atoms with E-state index in [1.54, 1.807) is 12.1 Å². The predicted octanol–water partition coefficient (Wildman–Crippen LogP) is 2.16. The first-order valence-corrected chi connectivity index (χ1v) is 5.49. The number of benzene rings is 1. The van der Waals surface area contributed by atoms with Crippen LogP contribution >= 0.6 is 0 Å². The molecule has 1 saturated carbocycles. The number of nitriles is 1. The third-order valence-electron chi connectivity index (χ3n) is 2.98. The van der Waals surface area contributed by atoms with Crippen molar-refractivity contribution in [1.82, 2.24) is 0 Å². The van der Waals surface area contributed by atoms with E-state index in [0.29, 0.717) is 18.6 Å². The minimum Gasteiger partial charge on any atom is -0.493 e. The van der Waals surface area contributed by atoms with Gasteiger partial charge < -0.3 is 9.84 Å². The van der Waals surface area contributed by atoms with Crippen LogP contribution in [0.3, 0.4) is 0 Å². The molecule has 1 fully saturated rings. The molecule has 1 aliphatic rings. The number of nitrogens with zero attached hydrogens (tertiary/aromatic N) is 1. The Hall–Kier alpha value is -1.53. The average molecular weight is 217 g/mol. The lowest BCUT2D eigenvalue weighted by Crippen LogP contribution is -2.12. The monoisotopic (exact) mass is 217 g/mol. The van der Waals surface area contributed by atoms with Gasteiger partial charge in [-0.05, 0) is 43.5 Å². The van der Waals surface area contributed by atoms with Crippen molar-refractivity contribution in [1.29, 1.82) is 5.26 Å². The molecule has 84 valence electrons. The molecule has 1 aromatic carbocycles. The average Bonchev–Trinajstić information content (AvgIpc) is 2.97. The van der Waals surface area contributed by atoms with E-state index in [1.165, 1.54) is 0 Å². The van der Waals surface area contributed by atoms with Gasteiger partial charge in [0.1, 0.15) is 5.75 Å². The molecule has 0 heterocycles. The zero-order chi connectivity index (χ0) is 11.6. The van der Waals surface area contributed by atoms with Gasteiger partial charge in [-0.2, -0.15) is 5.26 Å². The van der Waals surface area contributed by atoms with Crippen molar-refractivity contribution in [3.05, 3.63) is 29.3 Å². The Bertz CT molecular complexity index is 430. The molecule has 3 nitrogen and oxygen atoms in total. The molecular formula is C13H15NO2. The number of aliphatic hydroxyl groups is 1. The topological polar surface area (TPSA) is 53.2 Å². The van der Waals surface area contributed by atoms with Crippen molar-refractivity contribution in [2.75, 3.05) is 6.61 Å². The Morgan fingerprint density at radius 2 is 2.25 bits per heavy atom. The highest BCUT2D eigenvalue weighted by molar-refractivity contribution is 5.41. The molecule has 0 spiro atoms. The molecule has 1 aromatic rings. The summed E-state index contributed by atoms with van der Waals surface area (Å²) in [5, 5.41) is 18.4. The number of ether oxygens (including phenoxy) is 1. The normalized spacial score (nSPS) is 16.6. The van der Waals surface area contributed by atoms with Crippen LogP contribution in [0.15, 0.2) is 18.2 Å². The first-order chi connectivity index (χ1) is 7.63. The molecule has 0 radical (unpaired) electrons. The van der Waals surface area contributed by atoms with Crippen LogP contribution in [0.25, 0.3) is 0 Å². The SMILES string of the molecule is Cc1cc(OCCC2(O)CC2)ccc1C#N. The van der Waals surface area contributed by atoms with E-state index in [4.69, 9.17) is 10.00 Å². The molecule has 0 bridgehead atoms. The molecule has 1 N–H and O–H groups in total. The number of aryl methyl sites for hydroxylation is 1. The van der Waals surface area contributed by atoms with Gasteiger partial charge in [0.05, 0.1) is 23.8 Å². The Morgan fingerprint density at radius 1 is 1.50 bits per heavy atom. The molecule has 0 atom stereocenters. The Kier molecular flexibility index (Phi) is 2.84. The first kappa shape index (κ1) is 11.0. The molecule has 16 heavy (non-hydrogen) atoms. The molecule has 0 saturated heterocycles. The second-order valence-corrected chi connectivity index (χ2v) is 4.41. The number of hydrogen-bond acceptors (Lipinski definition) is 3. The summed E-state index contributed by atoms with van der Waals surface area (Å²) < 4.78 is 5.53. The molecular weight excluding hydrogens is 202 g/mol. The van der Waals surface area contributed by atoms with Gasteiger partial charge in [0.25, 0.3) is 0 Å². The van der Waals surface area contributed by atoms with Gasteiger partial charge >= 0.3 is 0 Å². The second kappa shape index (κ2) is 4.15. The van der Waals surface area contributed by atoms with Crippen LogP contribution in [0.5, 0.6) is 5.75 Å². The third-order valence-corrected chi connectivity index (χ3v) is 2.98. The van der Waals surface area contributed by atoms with E-state index in [0.717, 1.165) is 24.2 Å². The second-order valence-electron chi connectivity index (χ2n) is 4.41. The largest absolute Gasteiger partial charge is 0.493 e. The molecule has 2 rings (SSSR count).